The van der Waals surface area contributed by atoms with Crippen LogP contribution in [0.3, 0.4) is 0 Å². The van der Waals surface area contributed by atoms with E-state index in [1.54, 1.807) is 12.5 Å². The van der Waals surface area contributed by atoms with E-state index in [2.05, 4.69) is 34.9 Å². The summed E-state index contributed by atoms with van der Waals surface area (Å²) >= 11 is 0. The maximum atomic E-state index is 13.0. The molecular formula is C41H30N2O4. The molecular weight excluding hydrogens is 584 g/mol. The van der Waals surface area contributed by atoms with Gasteiger partial charge in [-0.3, -0.25) is 9.59 Å². The zero-order chi connectivity index (χ0) is 31.7. The van der Waals surface area contributed by atoms with Crippen molar-refractivity contribution in [2.45, 2.75) is 19.3 Å². The van der Waals surface area contributed by atoms with Crippen molar-refractivity contribution >= 4 is 66.7 Å². The van der Waals surface area contributed by atoms with Crippen LogP contribution >= 0.6 is 0 Å². The third-order valence-electron chi connectivity index (χ3n) is 8.67. The number of anilines is 2. The van der Waals surface area contributed by atoms with Crippen molar-refractivity contribution in [1.29, 1.82) is 0 Å². The molecule has 2 heterocycles. The van der Waals surface area contributed by atoms with E-state index in [-0.39, 0.29) is 24.7 Å². The van der Waals surface area contributed by atoms with Crippen LogP contribution < -0.4 is 10.6 Å². The van der Waals surface area contributed by atoms with Crippen molar-refractivity contribution < 1.29 is 18.4 Å². The quantitative estimate of drug-likeness (QED) is 0.179. The zero-order valence-electron chi connectivity index (χ0n) is 25.5. The molecule has 2 N–H and O–H groups in total. The molecule has 228 valence electrons. The molecule has 2 amide bonds. The average Bonchev–Trinajstić information content (AvgIpc) is 3.70. The van der Waals surface area contributed by atoms with Crippen LogP contribution in [0.4, 0.5) is 11.4 Å². The molecule has 0 aliphatic heterocycles. The highest BCUT2D eigenvalue weighted by Gasteiger charge is 2.15. The molecule has 6 nitrogen and oxygen atoms in total. The summed E-state index contributed by atoms with van der Waals surface area (Å²) in [5, 5.41) is 12.4. The summed E-state index contributed by atoms with van der Waals surface area (Å²) in [6, 6.07) is 40.0. The van der Waals surface area contributed by atoms with Gasteiger partial charge in [-0.2, -0.15) is 0 Å². The van der Waals surface area contributed by atoms with E-state index in [1.807, 2.05) is 97.1 Å². The van der Waals surface area contributed by atoms with Gasteiger partial charge in [0.25, 0.3) is 0 Å². The predicted molar refractivity (Wildman–Crippen MR) is 188 cm³/mol. The lowest BCUT2D eigenvalue weighted by atomic mass is 10.0. The smallest absolute Gasteiger partial charge is 0.228 e. The molecule has 0 spiro atoms. The van der Waals surface area contributed by atoms with Crippen LogP contribution in [0.5, 0.6) is 0 Å². The summed E-state index contributed by atoms with van der Waals surface area (Å²) in [6.07, 6.45) is 4.53. The molecule has 8 aromatic rings. The molecule has 0 radical (unpaired) electrons. The van der Waals surface area contributed by atoms with Crippen molar-refractivity contribution in [3.63, 3.8) is 0 Å². The van der Waals surface area contributed by atoms with Gasteiger partial charge in [-0.25, -0.2) is 0 Å². The molecule has 0 saturated carbocycles. The van der Waals surface area contributed by atoms with Gasteiger partial charge in [0, 0.05) is 33.3 Å². The Balaban J connectivity index is 0.877. The number of carbonyl (C=O) groups excluding carboxylic acids is 2. The molecule has 0 unspecified atom stereocenters. The molecule has 0 atom stereocenters. The van der Waals surface area contributed by atoms with Gasteiger partial charge in [0.1, 0.15) is 11.2 Å². The first-order chi connectivity index (χ1) is 23.1. The highest BCUT2D eigenvalue weighted by atomic mass is 16.3. The van der Waals surface area contributed by atoms with Gasteiger partial charge in [0.2, 0.25) is 11.8 Å². The van der Waals surface area contributed by atoms with Gasteiger partial charge in [0.15, 0.2) is 0 Å². The zero-order valence-corrected chi connectivity index (χ0v) is 25.5. The minimum Gasteiger partial charge on any atom is -0.464 e. The van der Waals surface area contributed by atoms with Crippen LogP contribution in [0.25, 0.3) is 43.5 Å². The minimum atomic E-state index is -0.0969. The van der Waals surface area contributed by atoms with Crippen LogP contribution in [-0.4, -0.2) is 11.8 Å². The first kappa shape index (κ1) is 28.3. The monoisotopic (exact) mass is 614 g/mol. The summed E-state index contributed by atoms with van der Waals surface area (Å²) in [5.41, 5.74) is 7.02. The van der Waals surface area contributed by atoms with Gasteiger partial charge in [-0.15, -0.1) is 0 Å². The number of amides is 2. The third-order valence-corrected chi connectivity index (χ3v) is 8.67. The number of furan rings is 2. The number of rotatable bonds is 8. The fourth-order valence-corrected chi connectivity index (χ4v) is 6.41. The van der Waals surface area contributed by atoms with Crippen molar-refractivity contribution in [1.82, 2.24) is 0 Å². The number of carbonyl (C=O) groups is 2. The van der Waals surface area contributed by atoms with Crippen LogP contribution in [0.15, 0.2) is 143 Å². The highest BCUT2D eigenvalue weighted by molar-refractivity contribution is 6.10. The Labute approximate surface area is 270 Å². The standard InChI is InChI=1S/C41H30N2O4/c44-38(22-30-24-46-36-19-13-28-5-1-3-7-34(28)40(30)36)42-32-15-9-26(10-16-32)21-27-11-17-33(18-12-27)43-39(45)23-31-25-47-37-20-14-29-6-2-4-8-35(29)41(31)37/h1-20,24-25H,21-23H2,(H,42,44)(H,43,45). The molecule has 47 heavy (non-hydrogen) atoms. The van der Waals surface area contributed by atoms with E-state index in [0.717, 1.165) is 83.5 Å². The highest BCUT2D eigenvalue weighted by Crippen LogP contribution is 2.31. The Morgan fingerprint density at radius 1 is 0.489 bits per heavy atom. The van der Waals surface area contributed by atoms with Crippen molar-refractivity contribution in [2.24, 2.45) is 0 Å². The van der Waals surface area contributed by atoms with E-state index >= 15 is 0 Å². The number of benzene rings is 6. The van der Waals surface area contributed by atoms with Crippen LogP contribution in [-0.2, 0) is 28.9 Å². The lowest BCUT2D eigenvalue weighted by molar-refractivity contribution is -0.116. The fraction of sp³-hybridized carbons (Fsp3) is 0.0732. The third kappa shape index (κ3) is 5.73. The second-order valence-electron chi connectivity index (χ2n) is 11.9. The normalized spacial score (nSPS) is 11.4. The number of fused-ring (bicyclic) bond motifs is 6. The lowest BCUT2D eigenvalue weighted by Crippen LogP contribution is -2.14. The lowest BCUT2D eigenvalue weighted by Gasteiger charge is -2.09. The minimum absolute atomic E-state index is 0.0969. The summed E-state index contributed by atoms with van der Waals surface area (Å²) < 4.78 is 11.5. The largest absolute Gasteiger partial charge is 0.464 e. The summed E-state index contributed by atoms with van der Waals surface area (Å²) in [7, 11) is 0. The molecule has 0 aliphatic rings. The predicted octanol–water partition coefficient (Wildman–Crippen LogP) is 9.44. The molecule has 8 rings (SSSR count). The molecule has 2 aromatic heterocycles. The van der Waals surface area contributed by atoms with Crippen molar-refractivity contribution in [2.75, 3.05) is 10.6 Å². The van der Waals surface area contributed by atoms with Gasteiger partial charge in [0.05, 0.1) is 25.4 Å². The summed E-state index contributed by atoms with van der Waals surface area (Å²) in [6.45, 7) is 0. The van der Waals surface area contributed by atoms with E-state index in [4.69, 9.17) is 8.83 Å². The second kappa shape index (κ2) is 12.0. The van der Waals surface area contributed by atoms with Crippen molar-refractivity contribution in [3.05, 3.63) is 156 Å². The Hall–Kier alpha value is -6.14. The van der Waals surface area contributed by atoms with Gasteiger partial charge >= 0.3 is 0 Å². The first-order valence-electron chi connectivity index (χ1n) is 15.6. The SMILES string of the molecule is O=C(Cc1coc2ccc3ccccc3c12)Nc1ccc(Cc2ccc(NC(=O)Cc3coc4ccc5ccccc5c34)cc2)cc1. The van der Waals surface area contributed by atoms with Crippen LogP contribution in [0.1, 0.15) is 22.3 Å². The van der Waals surface area contributed by atoms with E-state index in [1.165, 1.54) is 0 Å². The van der Waals surface area contributed by atoms with Crippen LogP contribution in [0, 0.1) is 0 Å². The molecule has 0 fully saturated rings. The van der Waals surface area contributed by atoms with E-state index in [0.29, 0.717) is 0 Å². The van der Waals surface area contributed by atoms with Gasteiger partial charge in [-0.05, 0) is 75.5 Å². The van der Waals surface area contributed by atoms with E-state index in [9.17, 15) is 9.59 Å². The van der Waals surface area contributed by atoms with Crippen molar-refractivity contribution in [3.8, 4) is 0 Å². The Bertz CT molecular complexity index is 2250. The summed E-state index contributed by atoms with van der Waals surface area (Å²) in [5.74, 6) is -0.194. The Morgan fingerprint density at radius 3 is 1.36 bits per heavy atom. The number of nitrogens with one attached hydrogen (secondary N) is 2. The Kier molecular flexibility index (Phi) is 7.23. The fourth-order valence-electron chi connectivity index (χ4n) is 6.41. The maximum absolute atomic E-state index is 13.0. The number of hydrogen-bond donors (Lipinski definition) is 2. The van der Waals surface area contributed by atoms with E-state index < -0.39 is 0 Å². The van der Waals surface area contributed by atoms with Gasteiger partial charge in [-0.1, -0.05) is 84.9 Å². The molecule has 0 saturated heterocycles. The molecule has 6 aromatic carbocycles. The maximum Gasteiger partial charge on any atom is 0.228 e. The first-order valence-corrected chi connectivity index (χ1v) is 15.6. The Morgan fingerprint density at radius 2 is 0.915 bits per heavy atom. The average molecular weight is 615 g/mol. The molecule has 6 heteroatoms. The number of hydrogen-bond acceptors (Lipinski definition) is 4. The van der Waals surface area contributed by atoms with Gasteiger partial charge < -0.3 is 19.5 Å². The van der Waals surface area contributed by atoms with Crippen LogP contribution in [0.2, 0.25) is 0 Å². The topological polar surface area (TPSA) is 84.5 Å². The second-order valence-corrected chi connectivity index (χ2v) is 11.9. The summed E-state index contributed by atoms with van der Waals surface area (Å²) in [4.78, 5) is 25.9. The molecule has 0 bridgehead atoms. The molecule has 0 aliphatic carbocycles.